The van der Waals surface area contributed by atoms with Gasteiger partial charge >= 0.3 is 0 Å². The number of carbonyl (C=O) groups is 1. The molecule has 3 atom stereocenters. The first kappa shape index (κ1) is 12.5. The van der Waals surface area contributed by atoms with Gasteiger partial charge < -0.3 is 15.2 Å². The molecule has 1 fully saturated rings. The summed E-state index contributed by atoms with van der Waals surface area (Å²) in [6.07, 6.45) is 0.360. The zero-order chi connectivity index (χ0) is 11.6. The Morgan fingerprint density at radius 1 is 1.60 bits per heavy atom. The summed E-state index contributed by atoms with van der Waals surface area (Å²) in [4.78, 5) is 11.8. The van der Waals surface area contributed by atoms with Crippen molar-refractivity contribution in [3.05, 3.63) is 0 Å². The predicted molar refractivity (Wildman–Crippen MR) is 57.4 cm³/mol. The lowest BCUT2D eigenvalue weighted by molar-refractivity contribution is -0.127. The van der Waals surface area contributed by atoms with E-state index in [-0.39, 0.29) is 17.9 Å². The Kier molecular flexibility index (Phi) is 3.73. The standard InChI is InChI=1S/C11H21NO3/c1-7-5-9(6-15-7)10(14)12-11(3,4)8(2)13/h7-9,13H,5-6H2,1-4H3,(H,12,14). The summed E-state index contributed by atoms with van der Waals surface area (Å²) in [7, 11) is 0. The topological polar surface area (TPSA) is 58.6 Å². The molecule has 0 saturated carbocycles. The molecule has 0 aliphatic carbocycles. The van der Waals surface area contributed by atoms with Gasteiger partial charge in [0.25, 0.3) is 0 Å². The fraction of sp³-hybridized carbons (Fsp3) is 0.909. The smallest absolute Gasteiger partial charge is 0.226 e. The molecule has 1 heterocycles. The lowest BCUT2D eigenvalue weighted by Gasteiger charge is -2.30. The van der Waals surface area contributed by atoms with Crippen molar-refractivity contribution < 1.29 is 14.6 Å². The Labute approximate surface area is 91.0 Å². The van der Waals surface area contributed by atoms with Crippen LogP contribution in [0.25, 0.3) is 0 Å². The van der Waals surface area contributed by atoms with Gasteiger partial charge in [0, 0.05) is 0 Å². The molecule has 1 amide bonds. The third-order valence-electron chi connectivity index (χ3n) is 3.06. The highest BCUT2D eigenvalue weighted by molar-refractivity contribution is 5.79. The van der Waals surface area contributed by atoms with E-state index in [0.29, 0.717) is 6.61 Å². The minimum Gasteiger partial charge on any atom is -0.391 e. The first-order valence-corrected chi connectivity index (χ1v) is 5.44. The second-order valence-electron chi connectivity index (χ2n) is 4.96. The number of carbonyl (C=O) groups excluding carboxylic acids is 1. The zero-order valence-corrected chi connectivity index (χ0v) is 9.91. The minimum absolute atomic E-state index is 0.0229. The van der Waals surface area contributed by atoms with E-state index in [2.05, 4.69) is 5.32 Å². The third-order valence-corrected chi connectivity index (χ3v) is 3.06. The summed E-state index contributed by atoms with van der Waals surface area (Å²) in [6.45, 7) is 7.76. The molecule has 15 heavy (non-hydrogen) atoms. The van der Waals surface area contributed by atoms with E-state index in [9.17, 15) is 9.90 Å². The van der Waals surface area contributed by atoms with Crippen LogP contribution in [0.1, 0.15) is 34.1 Å². The summed E-state index contributed by atoms with van der Waals surface area (Å²) in [5, 5.41) is 12.3. The van der Waals surface area contributed by atoms with Gasteiger partial charge in [-0.05, 0) is 34.1 Å². The molecule has 1 saturated heterocycles. The second kappa shape index (κ2) is 4.49. The summed E-state index contributed by atoms with van der Waals surface area (Å²) >= 11 is 0. The van der Waals surface area contributed by atoms with Crippen LogP contribution in [0, 0.1) is 5.92 Å². The number of hydrogen-bond donors (Lipinski definition) is 2. The van der Waals surface area contributed by atoms with Gasteiger partial charge in [-0.3, -0.25) is 4.79 Å². The fourth-order valence-electron chi connectivity index (χ4n) is 1.52. The van der Waals surface area contributed by atoms with Crippen LogP contribution in [-0.2, 0) is 9.53 Å². The highest BCUT2D eigenvalue weighted by atomic mass is 16.5. The lowest BCUT2D eigenvalue weighted by atomic mass is 9.96. The highest BCUT2D eigenvalue weighted by Crippen LogP contribution is 2.20. The van der Waals surface area contributed by atoms with Crippen molar-refractivity contribution in [1.82, 2.24) is 5.32 Å². The van der Waals surface area contributed by atoms with Gasteiger partial charge in [0.2, 0.25) is 5.91 Å². The molecule has 0 aromatic rings. The number of aliphatic hydroxyl groups excluding tert-OH is 1. The largest absolute Gasteiger partial charge is 0.391 e. The molecule has 1 aliphatic heterocycles. The molecule has 0 bridgehead atoms. The first-order valence-electron chi connectivity index (χ1n) is 5.44. The Balaban J connectivity index is 2.49. The SMILES string of the molecule is CC1CC(C(=O)NC(C)(C)C(C)O)CO1. The first-order chi connectivity index (χ1) is 6.83. The molecule has 4 heteroatoms. The molecule has 88 valence electrons. The molecule has 1 aliphatic rings. The van der Waals surface area contributed by atoms with E-state index in [0.717, 1.165) is 6.42 Å². The van der Waals surface area contributed by atoms with Gasteiger partial charge in [-0.1, -0.05) is 0 Å². The maximum atomic E-state index is 11.8. The molecule has 0 aromatic carbocycles. The van der Waals surface area contributed by atoms with Crippen LogP contribution in [0.3, 0.4) is 0 Å². The third kappa shape index (κ3) is 3.18. The van der Waals surface area contributed by atoms with E-state index in [4.69, 9.17) is 4.74 Å². The lowest BCUT2D eigenvalue weighted by Crippen LogP contribution is -2.52. The Morgan fingerprint density at radius 3 is 2.60 bits per heavy atom. The van der Waals surface area contributed by atoms with Gasteiger partial charge in [-0.15, -0.1) is 0 Å². The van der Waals surface area contributed by atoms with E-state index < -0.39 is 11.6 Å². The Morgan fingerprint density at radius 2 is 2.20 bits per heavy atom. The molecule has 0 radical (unpaired) electrons. The number of aliphatic hydroxyl groups is 1. The molecular weight excluding hydrogens is 194 g/mol. The van der Waals surface area contributed by atoms with E-state index >= 15 is 0 Å². The molecule has 1 rings (SSSR count). The van der Waals surface area contributed by atoms with Gasteiger partial charge in [-0.2, -0.15) is 0 Å². The van der Waals surface area contributed by atoms with Crippen molar-refractivity contribution in [2.24, 2.45) is 5.92 Å². The van der Waals surface area contributed by atoms with E-state index in [1.165, 1.54) is 0 Å². The molecule has 0 spiro atoms. The van der Waals surface area contributed by atoms with Crippen LogP contribution in [0.4, 0.5) is 0 Å². The second-order valence-corrected chi connectivity index (χ2v) is 4.96. The number of amides is 1. The van der Waals surface area contributed by atoms with Crippen molar-refractivity contribution in [2.75, 3.05) is 6.61 Å². The van der Waals surface area contributed by atoms with Gasteiger partial charge in [-0.25, -0.2) is 0 Å². The molecule has 3 unspecified atom stereocenters. The monoisotopic (exact) mass is 215 g/mol. The molecular formula is C11H21NO3. The van der Waals surface area contributed by atoms with Gasteiger partial charge in [0.1, 0.15) is 0 Å². The zero-order valence-electron chi connectivity index (χ0n) is 9.91. The summed E-state index contributed by atoms with van der Waals surface area (Å²) < 4.78 is 5.34. The number of nitrogens with one attached hydrogen (secondary N) is 1. The van der Waals surface area contributed by atoms with Gasteiger partial charge in [0.15, 0.2) is 0 Å². The normalized spacial score (nSPS) is 28.9. The van der Waals surface area contributed by atoms with Crippen LogP contribution in [0.5, 0.6) is 0 Å². The Hall–Kier alpha value is -0.610. The minimum atomic E-state index is -0.580. The van der Waals surface area contributed by atoms with Crippen LogP contribution in [0.2, 0.25) is 0 Å². The van der Waals surface area contributed by atoms with Crippen molar-refractivity contribution in [1.29, 1.82) is 0 Å². The average molecular weight is 215 g/mol. The van der Waals surface area contributed by atoms with Crippen molar-refractivity contribution in [3.63, 3.8) is 0 Å². The summed E-state index contributed by atoms with van der Waals surface area (Å²) in [5.74, 6) is -0.0942. The maximum Gasteiger partial charge on any atom is 0.226 e. The van der Waals surface area contributed by atoms with Crippen molar-refractivity contribution >= 4 is 5.91 Å². The van der Waals surface area contributed by atoms with E-state index in [1.807, 2.05) is 20.8 Å². The molecule has 2 N–H and O–H groups in total. The Bertz CT molecular complexity index is 238. The summed E-state index contributed by atoms with van der Waals surface area (Å²) in [6, 6.07) is 0. The predicted octanol–water partition coefficient (Wildman–Crippen LogP) is 0.687. The van der Waals surface area contributed by atoms with Gasteiger partial charge in [0.05, 0.1) is 30.3 Å². The van der Waals surface area contributed by atoms with E-state index in [1.54, 1.807) is 6.92 Å². The maximum absolute atomic E-state index is 11.8. The number of hydrogen-bond acceptors (Lipinski definition) is 3. The highest BCUT2D eigenvalue weighted by Gasteiger charge is 2.33. The summed E-state index contributed by atoms with van der Waals surface area (Å²) in [5.41, 5.74) is -0.580. The van der Waals surface area contributed by atoms with Crippen LogP contribution in [0.15, 0.2) is 0 Å². The number of rotatable bonds is 3. The van der Waals surface area contributed by atoms with Crippen LogP contribution < -0.4 is 5.32 Å². The van der Waals surface area contributed by atoms with Crippen LogP contribution >= 0.6 is 0 Å². The molecule has 0 aromatic heterocycles. The number of ether oxygens (including phenoxy) is 1. The fourth-order valence-corrected chi connectivity index (χ4v) is 1.52. The van der Waals surface area contributed by atoms with Crippen molar-refractivity contribution in [2.45, 2.75) is 51.9 Å². The molecule has 4 nitrogen and oxygen atoms in total. The average Bonchev–Trinajstić information content (AvgIpc) is 2.50. The quantitative estimate of drug-likeness (QED) is 0.728. The van der Waals surface area contributed by atoms with Crippen LogP contribution in [-0.4, -0.2) is 35.4 Å². The van der Waals surface area contributed by atoms with Crippen molar-refractivity contribution in [3.8, 4) is 0 Å².